The Morgan fingerprint density at radius 3 is 2.65 bits per heavy atom. The van der Waals surface area contributed by atoms with E-state index in [-0.39, 0.29) is 19.5 Å². The highest BCUT2D eigenvalue weighted by Crippen LogP contribution is 2.38. The molecule has 2 rings (SSSR count). The van der Waals surface area contributed by atoms with E-state index in [9.17, 15) is 18.3 Å². The van der Waals surface area contributed by atoms with Gasteiger partial charge in [-0.1, -0.05) is 11.6 Å². The second-order valence-corrected chi connectivity index (χ2v) is 6.00. The maximum absolute atomic E-state index is 12.6. The number of aliphatic hydroxyl groups is 1. The number of nitrogens with zero attached hydrogens (tertiary/aromatic N) is 1. The van der Waals surface area contributed by atoms with Crippen LogP contribution in [0, 0.1) is 0 Å². The molecule has 0 spiro atoms. The summed E-state index contributed by atoms with van der Waals surface area (Å²) in [5.74, 6) is 0. The smallest absolute Gasteiger partial charge is 0.379 e. The number of hydrogen-bond donors (Lipinski definition) is 1. The first-order chi connectivity index (χ1) is 7.80. The zero-order valence-electron chi connectivity index (χ0n) is 8.80. The summed E-state index contributed by atoms with van der Waals surface area (Å²) < 4.78 is 38.3. The summed E-state index contributed by atoms with van der Waals surface area (Å²) in [7, 11) is 0. The molecule has 96 valence electrons. The van der Waals surface area contributed by atoms with Crippen molar-refractivity contribution in [1.29, 1.82) is 0 Å². The van der Waals surface area contributed by atoms with Gasteiger partial charge in [-0.2, -0.15) is 13.2 Å². The molecule has 0 aliphatic carbocycles. The molecule has 1 aromatic rings. The van der Waals surface area contributed by atoms with E-state index in [2.05, 4.69) is 0 Å². The lowest BCUT2D eigenvalue weighted by Gasteiger charge is -2.25. The van der Waals surface area contributed by atoms with Gasteiger partial charge in [0.15, 0.2) is 5.60 Å². The zero-order chi connectivity index (χ0) is 12.7. The van der Waals surface area contributed by atoms with Crippen molar-refractivity contribution in [2.75, 3.05) is 13.1 Å². The van der Waals surface area contributed by atoms with Crippen LogP contribution in [-0.4, -0.2) is 34.9 Å². The monoisotopic (exact) mass is 285 g/mol. The van der Waals surface area contributed by atoms with Crippen LogP contribution in [0.25, 0.3) is 0 Å². The van der Waals surface area contributed by atoms with Crippen LogP contribution in [0.4, 0.5) is 13.2 Å². The molecule has 1 saturated heterocycles. The third kappa shape index (κ3) is 2.76. The van der Waals surface area contributed by atoms with E-state index in [1.807, 2.05) is 0 Å². The molecular formula is C10H11ClF3NOS. The standard InChI is InChI=1S/C10H11ClF3NOS/c11-8-2-1-7(17-8)5-15-4-3-9(16,6-15)10(12,13)14/h1-2,16H,3-6H2. The molecule has 0 radical (unpaired) electrons. The number of thiophene rings is 1. The summed E-state index contributed by atoms with van der Waals surface area (Å²) in [5.41, 5.74) is -2.56. The van der Waals surface area contributed by atoms with Crippen molar-refractivity contribution in [1.82, 2.24) is 4.90 Å². The lowest BCUT2D eigenvalue weighted by atomic mass is 10.0. The third-order valence-corrected chi connectivity index (χ3v) is 4.08. The van der Waals surface area contributed by atoms with Gasteiger partial charge < -0.3 is 5.11 Å². The molecule has 1 aromatic heterocycles. The average molecular weight is 286 g/mol. The highest BCUT2D eigenvalue weighted by atomic mass is 35.5. The SMILES string of the molecule is OC1(C(F)(F)F)CCN(Cc2ccc(Cl)s2)C1. The van der Waals surface area contributed by atoms with Gasteiger partial charge in [0.2, 0.25) is 0 Å². The Bertz CT molecular complexity index is 409. The molecule has 1 aliphatic heterocycles. The average Bonchev–Trinajstić information content (AvgIpc) is 2.74. The maximum Gasteiger partial charge on any atom is 0.418 e. The van der Waals surface area contributed by atoms with Crippen LogP contribution in [0.1, 0.15) is 11.3 Å². The van der Waals surface area contributed by atoms with Gasteiger partial charge in [0.05, 0.1) is 4.34 Å². The van der Waals surface area contributed by atoms with Crippen LogP contribution in [0.15, 0.2) is 12.1 Å². The lowest BCUT2D eigenvalue weighted by molar-refractivity contribution is -0.254. The van der Waals surface area contributed by atoms with Crippen molar-refractivity contribution in [3.05, 3.63) is 21.3 Å². The van der Waals surface area contributed by atoms with E-state index < -0.39 is 11.8 Å². The summed E-state index contributed by atoms with van der Waals surface area (Å²) in [6.07, 6.45) is -4.83. The number of alkyl halides is 3. The molecular weight excluding hydrogens is 275 g/mol. The predicted molar refractivity (Wildman–Crippen MR) is 60.2 cm³/mol. The molecule has 0 amide bonds. The van der Waals surface area contributed by atoms with E-state index >= 15 is 0 Å². The van der Waals surface area contributed by atoms with Gasteiger partial charge in [-0.25, -0.2) is 0 Å². The number of rotatable bonds is 2. The largest absolute Gasteiger partial charge is 0.418 e. The number of hydrogen-bond acceptors (Lipinski definition) is 3. The van der Waals surface area contributed by atoms with Crippen molar-refractivity contribution in [2.45, 2.75) is 24.7 Å². The fraction of sp³-hybridized carbons (Fsp3) is 0.600. The quantitative estimate of drug-likeness (QED) is 0.903. The van der Waals surface area contributed by atoms with E-state index in [1.165, 1.54) is 11.3 Å². The summed E-state index contributed by atoms with van der Waals surface area (Å²) in [5, 5.41) is 9.49. The molecule has 1 aliphatic rings. The fourth-order valence-corrected chi connectivity index (χ4v) is 3.02. The second-order valence-electron chi connectivity index (χ2n) is 4.20. The molecule has 1 unspecified atom stereocenters. The number of likely N-dealkylation sites (tertiary alicyclic amines) is 1. The first-order valence-corrected chi connectivity index (χ1v) is 6.25. The first-order valence-electron chi connectivity index (χ1n) is 5.06. The van der Waals surface area contributed by atoms with Gasteiger partial charge >= 0.3 is 6.18 Å². The van der Waals surface area contributed by atoms with Crippen LogP contribution in [0.5, 0.6) is 0 Å². The van der Waals surface area contributed by atoms with Crippen LogP contribution < -0.4 is 0 Å². The summed E-state index contributed by atoms with van der Waals surface area (Å²) >= 11 is 7.09. The minimum atomic E-state index is -4.56. The Balaban J connectivity index is 1.99. The second kappa shape index (κ2) is 4.42. The Hall–Kier alpha value is -0.300. The highest BCUT2D eigenvalue weighted by molar-refractivity contribution is 7.16. The molecule has 0 bridgehead atoms. The van der Waals surface area contributed by atoms with Gasteiger partial charge in [-0.3, -0.25) is 4.90 Å². The Kier molecular flexibility index (Phi) is 3.42. The van der Waals surface area contributed by atoms with E-state index in [0.717, 1.165) is 4.88 Å². The van der Waals surface area contributed by atoms with Crippen molar-refractivity contribution < 1.29 is 18.3 Å². The van der Waals surface area contributed by atoms with E-state index in [1.54, 1.807) is 17.0 Å². The van der Waals surface area contributed by atoms with Gasteiger partial charge in [-0.05, 0) is 18.6 Å². The number of β-amino-alcohol motifs (C(OH)–C–C–N with tert-alkyl or cyclic N) is 1. The van der Waals surface area contributed by atoms with Gasteiger partial charge in [-0.15, -0.1) is 11.3 Å². The van der Waals surface area contributed by atoms with E-state index in [4.69, 9.17) is 11.6 Å². The van der Waals surface area contributed by atoms with Crippen LogP contribution >= 0.6 is 22.9 Å². The molecule has 1 atom stereocenters. The molecule has 2 nitrogen and oxygen atoms in total. The molecule has 1 N–H and O–H groups in total. The van der Waals surface area contributed by atoms with Gasteiger partial charge in [0.1, 0.15) is 0 Å². The minimum absolute atomic E-state index is 0.242. The Labute approximate surface area is 106 Å². The minimum Gasteiger partial charge on any atom is -0.379 e. The molecule has 1 fully saturated rings. The summed E-state index contributed by atoms with van der Waals surface area (Å²) in [6, 6.07) is 3.51. The van der Waals surface area contributed by atoms with Crippen LogP contribution in [-0.2, 0) is 6.54 Å². The Morgan fingerprint density at radius 2 is 2.18 bits per heavy atom. The first kappa shape index (κ1) is 13.1. The highest BCUT2D eigenvalue weighted by Gasteiger charge is 2.56. The lowest BCUT2D eigenvalue weighted by Crippen LogP contribution is -2.47. The van der Waals surface area contributed by atoms with Crippen LogP contribution in [0.2, 0.25) is 4.34 Å². The summed E-state index contributed by atoms with van der Waals surface area (Å²) in [6.45, 7) is 0.271. The predicted octanol–water partition coefficient (Wildman–Crippen LogP) is 2.90. The van der Waals surface area contributed by atoms with Crippen molar-refractivity contribution in [2.24, 2.45) is 0 Å². The van der Waals surface area contributed by atoms with Crippen molar-refractivity contribution in [3.63, 3.8) is 0 Å². The number of halogens is 4. The summed E-state index contributed by atoms with van der Waals surface area (Å²) in [4.78, 5) is 2.50. The van der Waals surface area contributed by atoms with Crippen LogP contribution in [0.3, 0.4) is 0 Å². The van der Waals surface area contributed by atoms with E-state index in [0.29, 0.717) is 10.9 Å². The third-order valence-electron chi connectivity index (χ3n) is 2.86. The molecule has 0 saturated carbocycles. The van der Waals surface area contributed by atoms with Gasteiger partial charge in [0.25, 0.3) is 0 Å². The molecule has 17 heavy (non-hydrogen) atoms. The van der Waals surface area contributed by atoms with Crippen molar-refractivity contribution >= 4 is 22.9 Å². The molecule has 0 aromatic carbocycles. The zero-order valence-corrected chi connectivity index (χ0v) is 10.4. The van der Waals surface area contributed by atoms with Gasteiger partial charge in [0, 0.05) is 24.5 Å². The normalized spacial score (nSPS) is 26.6. The fourth-order valence-electron chi connectivity index (χ4n) is 1.89. The molecule has 7 heteroatoms. The Morgan fingerprint density at radius 1 is 1.47 bits per heavy atom. The molecule has 2 heterocycles. The topological polar surface area (TPSA) is 23.5 Å². The van der Waals surface area contributed by atoms with Crippen molar-refractivity contribution in [3.8, 4) is 0 Å². The maximum atomic E-state index is 12.6.